The van der Waals surface area contributed by atoms with Crippen molar-refractivity contribution >= 4 is 22.7 Å². The fraction of sp³-hybridized carbons (Fsp3) is 0.438. The van der Waals surface area contributed by atoms with E-state index in [1.807, 2.05) is 6.92 Å². The highest BCUT2D eigenvalue weighted by Crippen LogP contribution is 2.46. The van der Waals surface area contributed by atoms with Gasteiger partial charge in [-0.05, 0) is 56.6 Å². The van der Waals surface area contributed by atoms with Gasteiger partial charge in [0, 0.05) is 50.2 Å². The smallest absolute Gasteiger partial charge is 0.240 e. The Bertz CT molecular complexity index is 1550. The molecule has 232 valence electrons. The van der Waals surface area contributed by atoms with Crippen LogP contribution in [0.1, 0.15) is 32.6 Å². The second-order valence-electron chi connectivity index (χ2n) is 11.5. The molecule has 0 radical (unpaired) electrons. The number of hydrogen-bond acceptors (Lipinski definition) is 8. The number of fused-ring (bicyclic) bond motifs is 1. The topological polar surface area (TPSA) is 115 Å². The van der Waals surface area contributed by atoms with E-state index in [-0.39, 0.29) is 24.7 Å². The van der Waals surface area contributed by atoms with Gasteiger partial charge in [-0.25, -0.2) is 13.8 Å². The molecule has 12 heteroatoms. The summed E-state index contributed by atoms with van der Waals surface area (Å²) >= 11 is 0. The summed E-state index contributed by atoms with van der Waals surface area (Å²) in [5.41, 5.74) is -0.149. The quantitative estimate of drug-likeness (QED) is 0.392. The summed E-state index contributed by atoms with van der Waals surface area (Å²) in [6.45, 7) is 5.92. The highest BCUT2D eigenvalue weighted by Gasteiger charge is 2.57. The number of rotatable bonds is 10. The Morgan fingerprint density at radius 3 is 2.73 bits per heavy atom. The SMILES string of the molecule is CC(CN1CCOCC1)Oc1cc2nccc(OC3=CCC(NC(=O)C4(C(=O)NC5=CCC(F)C=C5)CC4)C=C3F)c2cn1. The van der Waals surface area contributed by atoms with Crippen LogP contribution in [0, 0.1) is 5.41 Å². The molecule has 10 nitrogen and oxygen atoms in total. The first-order valence-electron chi connectivity index (χ1n) is 14.9. The van der Waals surface area contributed by atoms with Crippen LogP contribution in [0.25, 0.3) is 10.9 Å². The van der Waals surface area contributed by atoms with Crippen LogP contribution >= 0.6 is 0 Å². The third-order valence-corrected chi connectivity index (χ3v) is 8.10. The maximum atomic E-state index is 15.2. The number of carbonyl (C=O) groups is 2. The molecular formula is C32H35F2N5O5. The Hall–Kier alpha value is -4.16. The molecule has 44 heavy (non-hydrogen) atoms. The van der Waals surface area contributed by atoms with Crippen molar-refractivity contribution in [1.82, 2.24) is 25.5 Å². The van der Waals surface area contributed by atoms with E-state index in [1.165, 1.54) is 18.2 Å². The molecule has 3 unspecified atom stereocenters. The maximum absolute atomic E-state index is 15.2. The minimum atomic E-state index is -1.21. The van der Waals surface area contributed by atoms with E-state index in [4.69, 9.17) is 14.2 Å². The summed E-state index contributed by atoms with van der Waals surface area (Å²) < 4.78 is 45.8. The molecule has 2 N–H and O–H groups in total. The van der Waals surface area contributed by atoms with Gasteiger partial charge in [-0.15, -0.1) is 0 Å². The number of amides is 2. The average Bonchev–Trinajstić information content (AvgIpc) is 3.83. The van der Waals surface area contributed by atoms with Gasteiger partial charge in [0.2, 0.25) is 17.7 Å². The van der Waals surface area contributed by atoms with Gasteiger partial charge in [-0.3, -0.25) is 19.5 Å². The molecule has 2 fully saturated rings. The molecular weight excluding hydrogens is 572 g/mol. The summed E-state index contributed by atoms with van der Waals surface area (Å²) in [6.07, 6.45) is 10.5. The lowest BCUT2D eigenvalue weighted by atomic mass is 10.0. The number of ether oxygens (including phenoxy) is 3. The molecule has 6 rings (SSSR count). The van der Waals surface area contributed by atoms with E-state index in [0.29, 0.717) is 41.1 Å². The van der Waals surface area contributed by atoms with Gasteiger partial charge in [0.05, 0.1) is 30.2 Å². The number of nitrogens with zero attached hydrogens (tertiary/aromatic N) is 3. The van der Waals surface area contributed by atoms with Crippen molar-refractivity contribution in [2.24, 2.45) is 5.41 Å². The molecule has 1 saturated heterocycles. The second kappa shape index (κ2) is 12.8. The Kier molecular flexibility index (Phi) is 8.72. The van der Waals surface area contributed by atoms with Crippen LogP contribution in [0.15, 0.2) is 72.2 Å². The molecule has 4 aliphatic rings. The number of alkyl halides is 1. The fourth-order valence-corrected chi connectivity index (χ4v) is 5.44. The van der Waals surface area contributed by atoms with E-state index >= 15 is 4.39 Å². The number of pyridine rings is 2. The molecule has 0 bridgehead atoms. The normalized spacial score (nSPS) is 23.6. The molecule has 0 aromatic carbocycles. The number of allylic oxidation sites excluding steroid dienone is 4. The van der Waals surface area contributed by atoms with Crippen molar-refractivity contribution in [3.8, 4) is 11.6 Å². The summed E-state index contributed by atoms with van der Waals surface area (Å²) in [6, 6.07) is 2.72. The zero-order valence-electron chi connectivity index (χ0n) is 24.4. The zero-order chi connectivity index (χ0) is 30.7. The van der Waals surface area contributed by atoms with Gasteiger partial charge in [-0.1, -0.05) is 6.08 Å². The van der Waals surface area contributed by atoms with E-state index < -0.39 is 35.3 Å². The van der Waals surface area contributed by atoms with E-state index in [2.05, 4.69) is 25.5 Å². The average molecular weight is 608 g/mol. The maximum Gasteiger partial charge on any atom is 0.240 e. The van der Waals surface area contributed by atoms with Gasteiger partial charge in [0.1, 0.15) is 23.4 Å². The highest BCUT2D eigenvalue weighted by atomic mass is 19.1. The van der Waals surface area contributed by atoms with Crippen LogP contribution in [0.3, 0.4) is 0 Å². The van der Waals surface area contributed by atoms with Gasteiger partial charge in [-0.2, -0.15) is 0 Å². The number of morpholine rings is 1. The van der Waals surface area contributed by atoms with Crippen molar-refractivity contribution in [2.75, 3.05) is 32.8 Å². The molecule has 3 aliphatic carbocycles. The van der Waals surface area contributed by atoms with Crippen molar-refractivity contribution in [3.05, 3.63) is 72.2 Å². The first-order chi connectivity index (χ1) is 21.3. The van der Waals surface area contributed by atoms with Crippen molar-refractivity contribution < 1.29 is 32.6 Å². The van der Waals surface area contributed by atoms with Crippen LogP contribution in [0.4, 0.5) is 8.78 Å². The van der Waals surface area contributed by atoms with Crippen LogP contribution < -0.4 is 20.1 Å². The summed E-state index contributed by atoms with van der Waals surface area (Å²) in [4.78, 5) is 37.0. The Morgan fingerprint density at radius 2 is 2.00 bits per heavy atom. The Labute approximate surface area is 253 Å². The number of nitrogens with one attached hydrogen (secondary N) is 2. The largest absolute Gasteiger partial charge is 0.473 e. The number of hydrogen-bond donors (Lipinski definition) is 2. The third-order valence-electron chi connectivity index (χ3n) is 8.10. The third kappa shape index (κ3) is 6.81. The van der Waals surface area contributed by atoms with Crippen LogP contribution in [0.2, 0.25) is 0 Å². The second-order valence-corrected chi connectivity index (χ2v) is 11.5. The molecule has 3 atom stereocenters. The van der Waals surface area contributed by atoms with E-state index in [9.17, 15) is 14.0 Å². The first kappa shape index (κ1) is 29.9. The van der Waals surface area contributed by atoms with Gasteiger partial charge >= 0.3 is 0 Å². The lowest BCUT2D eigenvalue weighted by molar-refractivity contribution is -0.137. The summed E-state index contributed by atoms with van der Waals surface area (Å²) in [5.74, 6) is -0.707. The Morgan fingerprint density at radius 1 is 1.18 bits per heavy atom. The van der Waals surface area contributed by atoms with Gasteiger partial charge in [0.25, 0.3) is 0 Å². The van der Waals surface area contributed by atoms with E-state index in [1.54, 1.807) is 36.7 Å². The van der Waals surface area contributed by atoms with E-state index in [0.717, 1.165) is 32.8 Å². The first-order valence-corrected chi connectivity index (χ1v) is 14.9. The van der Waals surface area contributed by atoms with Crippen LogP contribution in [-0.2, 0) is 14.3 Å². The minimum absolute atomic E-state index is 0.0172. The van der Waals surface area contributed by atoms with Crippen LogP contribution in [-0.4, -0.2) is 77.8 Å². The lowest BCUT2D eigenvalue weighted by Gasteiger charge is -2.29. The summed E-state index contributed by atoms with van der Waals surface area (Å²) in [7, 11) is 0. The molecule has 2 aromatic rings. The molecule has 1 saturated carbocycles. The number of halogens is 2. The Balaban J connectivity index is 1.05. The molecule has 3 heterocycles. The van der Waals surface area contributed by atoms with Crippen molar-refractivity contribution in [3.63, 3.8) is 0 Å². The molecule has 2 aromatic heterocycles. The minimum Gasteiger partial charge on any atom is -0.473 e. The standard InChI is InChI=1S/C32H35F2N5O5/c1-20(19-39-12-14-42-15-13-39)43-29-17-26-24(18-36-29)27(8-11-35-26)44-28-7-6-23(16-25(28)34)38-31(41)32(9-10-32)30(40)37-22-4-2-21(33)3-5-22/h2,4-5,7-8,11,16-18,20-21,23H,3,6,9-10,12-15,19H2,1H3,(H,37,40)(H,38,41). The zero-order valence-corrected chi connectivity index (χ0v) is 24.4. The fourth-order valence-electron chi connectivity index (χ4n) is 5.44. The highest BCUT2D eigenvalue weighted by molar-refractivity contribution is 6.08. The molecule has 1 aliphatic heterocycles. The molecule has 0 spiro atoms. The number of aromatic nitrogens is 2. The number of carbonyl (C=O) groups excluding carboxylic acids is 2. The monoisotopic (exact) mass is 607 g/mol. The van der Waals surface area contributed by atoms with Crippen molar-refractivity contribution in [1.29, 1.82) is 0 Å². The molecule has 2 amide bonds. The lowest BCUT2D eigenvalue weighted by Crippen LogP contribution is -2.46. The summed E-state index contributed by atoms with van der Waals surface area (Å²) in [5, 5.41) is 6.09. The van der Waals surface area contributed by atoms with Crippen LogP contribution in [0.5, 0.6) is 11.6 Å². The van der Waals surface area contributed by atoms with Gasteiger partial charge in [0.15, 0.2) is 11.6 Å². The van der Waals surface area contributed by atoms with Crippen molar-refractivity contribution in [2.45, 2.75) is 50.9 Å². The predicted octanol–water partition coefficient (Wildman–Crippen LogP) is 3.81. The predicted molar refractivity (Wildman–Crippen MR) is 158 cm³/mol. The van der Waals surface area contributed by atoms with Gasteiger partial charge < -0.3 is 24.8 Å².